The van der Waals surface area contributed by atoms with Crippen LogP contribution in [0.2, 0.25) is 5.02 Å². The van der Waals surface area contributed by atoms with Crippen molar-refractivity contribution < 1.29 is 27.1 Å². The first-order valence-corrected chi connectivity index (χ1v) is 8.28. The van der Waals surface area contributed by atoms with E-state index in [9.17, 15) is 18.0 Å². The second kappa shape index (κ2) is 7.12. The van der Waals surface area contributed by atoms with Crippen LogP contribution in [0.3, 0.4) is 0 Å². The number of alkyl halides is 3. The Morgan fingerprint density at radius 3 is 2.26 bits per heavy atom. The number of hydrogen-bond acceptors (Lipinski definition) is 3. The minimum atomic E-state index is -4.53. The standard InChI is InChI=1S/C20H14ClF3O3/c1-11-7-15(8-12(2)19(11)21)27-17-5-3-13(20(22,23)24)9-16(17)18-6-4-14(10-25)26-18/h3-10H,1-2H3. The molecule has 0 N–H and O–H groups in total. The molecule has 0 aliphatic heterocycles. The third-order valence-corrected chi connectivity index (χ3v) is 4.55. The smallest absolute Gasteiger partial charge is 0.416 e. The van der Waals surface area contributed by atoms with Crippen LogP contribution >= 0.6 is 11.6 Å². The summed E-state index contributed by atoms with van der Waals surface area (Å²) in [4.78, 5) is 10.8. The van der Waals surface area contributed by atoms with E-state index in [2.05, 4.69) is 0 Å². The van der Waals surface area contributed by atoms with Crippen molar-refractivity contribution in [2.45, 2.75) is 20.0 Å². The van der Waals surface area contributed by atoms with Crippen LogP contribution in [0, 0.1) is 13.8 Å². The molecule has 7 heteroatoms. The maximum atomic E-state index is 13.1. The fraction of sp³-hybridized carbons (Fsp3) is 0.150. The van der Waals surface area contributed by atoms with Crippen LogP contribution in [-0.2, 0) is 6.18 Å². The van der Waals surface area contributed by atoms with Gasteiger partial charge in [0.15, 0.2) is 12.0 Å². The van der Waals surface area contributed by atoms with Gasteiger partial charge in [-0.1, -0.05) is 11.6 Å². The van der Waals surface area contributed by atoms with Crippen LogP contribution < -0.4 is 4.74 Å². The lowest BCUT2D eigenvalue weighted by Crippen LogP contribution is -2.05. The van der Waals surface area contributed by atoms with E-state index in [-0.39, 0.29) is 22.8 Å². The number of halogens is 4. The van der Waals surface area contributed by atoms with E-state index in [1.54, 1.807) is 26.0 Å². The fourth-order valence-electron chi connectivity index (χ4n) is 2.64. The van der Waals surface area contributed by atoms with Crippen molar-refractivity contribution in [1.29, 1.82) is 0 Å². The molecule has 0 spiro atoms. The highest BCUT2D eigenvalue weighted by molar-refractivity contribution is 6.32. The number of aldehydes is 1. The first kappa shape index (κ1) is 19.0. The number of carbonyl (C=O) groups excluding carboxylic acids is 1. The van der Waals surface area contributed by atoms with E-state index in [1.807, 2.05) is 0 Å². The molecule has 2 aromatic carbocycles. The summed E-state index contributed by atoms with van der Waals surface area (Å²) in [6.45, 7) is 3.61. The first-order valence-electron chi connectivity index (χ1n) is 7.90. The predicted octanol–water partition coefficient (Wildman–Crippen LogP) is 6.84. The number of furan rings is 1. The average Bonchev–Trinajstić information content (AvgIpc) is 3.08. The van der Waals surface area contributed by atoms with Gasteiger partial charge in [-0.05, 0) is 67.4 Å². The van der Waals surface area contributed by atoms with Crippen LogP contribution in [0.15, 0.2) is 46.9 Å². The van der Waals surface area contributed by atoms with E-state index < -0.39 is 11.7 Å². The molecular formula is C20H14ClF3O3. The normalized spacial score (nSPS) is 11.5. The lowest BCUT2D eigenvalue weighted by atomic mass is 10.1. The molecule has 27 heavy (non-hydrogen) atoms. The Kier molecular flexibility index (Phi) is 5.02. The largest absolute Gasteiger partial charge is 0.457 e. The molecule has 3 aromatic rings. The third-order valence-electron chi connectivity index (χ3n) is 3.95. The summed E-state index contributed by atoms with van der Waals surface area (Å²) in [6, 6.07) is 9.26. The molecule has 0 saturated heterocycles. The Hall–Kier alpha value is -2.73. The zero-order valence-corrected chi connectivity index (χ0v) is 15.1. The van der Waals surface area contributed by atoms with Crippen LogP contribution in [0.25, 0.3) is 11.3 Å². The second-order valence-corrected chi connectivity index (χ2v) is 6.38. The zero-order valence-electron chi connectivity index (χ0n) is 14.4. The Labute approximate surface area is 158 Å². The summed E-state index contributed by atoms with van der Waals surface area (Å²) in [7, 11) is 0. The molecule has 1 heterocycles. The molecule has 0 fully saturated rings. The number of rotatable bonds is 4. The van der Waals surface area contributed by atoms with Gasteiger partial charge in [-0.3, -0.25) is 4.79 Å². The molecule has 3 rings (SSSR count). The maximum absolute atomic E-state index is 13.1. The number of benzene rings is 2. The SMILES string of the molecule is Cc1cc(Oc2ccc(C(F)(F)F)cc2-c2ccc(C=O)o2)cc(C)c1Cl. The van der Waals surface area contributed by atoms with Gasteiger partial charge in [0, 0.05) is 5.02 Å². The maximum Gasteiger partial charge on any atom is 0.416 e. The highest BCUT2D eigenvalue weighted by atomic mass is 35.5. The van der Waals surface area contributed by atoms with Crippen molar-refractivity contribution >= 4 is 17.9 Å². The minimum absolute atomic E-state index is 0.00606. The van der Waals surface area contributed by atoms with Crippen molar-refractivity contribution in [2.75, 3.05) is 0 Å². The monoisotopic (exact) mass is 394 g/mol. The van der Waals surface area contributed by atoms with Gasteiger partial charge in [-0.15, -0.1) is 0 Å². The third kappa shape index (κ3) is 4.01. The quantitative estimate of drug-likeness (QED) is 0.455. The molecule has 0 aliphatic carbocycles. The van der Waals surface area contributed by atoms with E-state index in [1.165, 1.54) is 18.2 Å². The van der Waals surface area contributed by atoms with Crippen LogP contribution in [0.4, 0.5) is 13.2 Å². The summed E-state index contributed by atoms with van der Waals surface area (Å²) < 4.78 is 50.5. The summed E-state index contributed by atoms with van der Waals surface area (Å²) in [6.07, 6.45) is -4.05. The van der Waals surface area contributed by atoms with Gasteiger partial charge >= 0.3 is 6.18 Å². The van der Waals surface area contributed by atoms with E-state index in [4.69, 9.17) is 20.8 Å². The molecule has 0 aliphatic rings. The first-order chi connectivity index (χ1) is 12.7. The molecule has 3 nitrogen and oxygen atoms in total. The summed E-state index contributed by atoms with van der Waals surface area (Å²) in [5.41, 5.74) is 0.795. The number of hydrogen-bond donors (Lipinski definition) is 0. The molecule has 140 valence electrons. The lowest BCUT2D eigenvalue weighted by Gasteiger charge is -2.14. The molecule has 1 aromatic heterocycles. The number of aryl methyl sites for hydroxylation is 2. The van der Waals surface area contributed by atoms with Crippen molar-refractivity contribution in [1.82, 2.24) is 0 Å². The van der Waals surface area contributed by atoms with Gasteiger partial charge in [0.25, 0.3) is 0 Å². The Bertz CT molecular complexity index is 983. The predicted molar refractivity (Wildman–Crippen MR) is 95.5 cm³/mol. The molecule has 0 saturated carbocycles. The van der Waals surface area contributed by atoms with Gasteiger partial charge in [0.05, 0.1) is 11.1 Å². The highest BCUT2D eigenvalue weighted by Gasteiger charge is 2.31. The molecule has 0 unspecified atom stereocenters. The fourth-order valence-corrected chi connectivity index (χ4v) is 2.75. The summed E-state index contributed by atoms with van der Waals surface area (Å²) in [5, 5.41) is 0.594. The molecule has 0 amide bonds. The van der Waals surface area contributed by atoms with Crippen molar-refractivity contribution in [3.63, 3.8) is 0 Å². The molecular weight excluding hydrogens is 381 g/mol. The zero-order chi connectivity index (χ0) is 19.8. The Morgan fingerprint density at radius 2 is 1.70 bits per heavy atom. The second-order valence-electron chi connectivity index (χ2n) is 6.00. The average molecular weight is 395 g/mol. The lowest BCUT2D eigenvalue weighted by molar-refractivity contribution is -0.137. The highest BCUT2D eigenvalue weighted by Crippen LogP contribution is 2.40. The van der Waals surface area contributed by atoms with E-state index in [0.29, 0.717) is 17.1 Å². The summed E-state index contributed by atoms with van der Waals surface area (Å²) in [5.74, 6) is 0.695. The van der Waals surface area contributed by atoms with Crippen LogP contribution in [-0.4, -0.2) is 6.29 Å². The molecule has 0 radical (unpaired) electrons. The van der Waals surface area contributed by atoms with Gasteiger partial charge in [-0.25, -0.2) is 0 Å². The number of carbonyl (C=O) groups is 1. The van der Waals surface area contributed by atoms with Gasteiger partial charge in [0.1, 0.15) is 17.3 Å². The van der Waals surface area contributed by atoms with Crippen molar-refractivity contribution in [3.05, 3.63) is 69.9 Å². The van der Waals surface area contributed by atoms with E-state index >= 15 is 0 Å². The van der Waals surface area contributed by atoms with Crippen LogP contribution in [0.1, 0.15) is 27.2 Å². The topological polar surface area (TPSA) is 39.4 Å². The Morgan fingerprint density at radius 1 is 1.04 bits per heavy atom. The van der Waals surface area contributed by atoms with Crippen molar-refractivity contribution in [3.8, 4) is 22.8 Å². The molecule has 0 bridgehead atoms. The molecule has 0 atom stereocenters. The van der Waals surface area contributed by atoms with Crippen molar-refractivity contribution in [2.24, 2.45) is 0 Å². The van der Waals surface area contributed by atoms with E-state index in [0.717, 1.165) is 23.3 Å². The van der Waals surface area contributed by atoms with Gasteiger partial charge in [-0.2, -0.15) is 13.2 Å². The van der Waals surface area contributed by atoms with Gasteiger partial charge in [0.2, 0.25) is 0 Å². The summed E-state index contributed by atoms with van der Waals surface area (Å²) >= 11 is 6.14. The minimum Gasteiger partial charge on any atom is -0.457 e. The Balaban J connectivity index is 2.10. The van der Waals surface area contributed by atoms with Gasteiger partial charge < -0.3 is 9.15 Å². The number of ether oxygens (including phenoxy) is 1. The van der Waals surface area contributed by atoms with Crippen LogP contribution in [0.5, 0.6) is 11.5 Å².